The number of esters is 1. The molecule has 0 spiro atoms. The number of alkyl halides is 3. The predicted molar refractivity (Wildman–Crippen MR) is 67.3 cm³/mol. The zero-order valence-electron chi connectivity index (χ0n) is 10.7. The summed E-state index contributed by atoms with van der Waals surface area (Å²) < 4.78 is 42.1. The molecule has 108 valence electrons. The topological polar surface area (TPSA) is 38.3 Å². The Morgan fingerprint density at radius 3 is 2.50 bits per heavy atom. The molecule has 1 aliphatic rings. The van der Waals surface area contributed by atoms with Crippen molar-refractivity contribution in [2.24, 2.45) is 0 Å². The summed E-state index contributed by atoms with van der Waals surface area (Å²) in [4.78, 5) is 11.7. The first-order valence-electron chi connectivity index (χ1n) is 6.22. The molecule has 6 heteroatoms. The Morgan fingerprint density at radius 1 is 1.25 bits per heavy atom. The van der Waals surface area contributed by atoms with Gasteiger partial charge in [-0.15, -0.1) is 0 Å². The molecule has 0 unspecified atom stereocenters. The van der Waals surface area contributed by atoms with Gasteiger partial charge in [0.15, 0.2) is 0 Å². The number of carbonyl (C=O) groups is 1. The van der Waals surface area contributed by atoms with Crippen molar-refractivity contribution in [1.29, 1.82) is 0 Å². The summed E-state index contributed by atoms with van der Waals surface area (Å²) in [7, 11) is 0. The molecule has 0 atom stereocenters. The minimum absolute atomic E-state index is 0.123. The summed E-state index contributed by atoms with van der Waals surface area (Å²) in [5.74, 6) is -0.338. The third-order valence-electron chi connectivity index (χ3n) is 2.94. The van der Waals surface area contributed by atoms with Crippen LogP contribution in [0.3, 0.4) is 0 Å². The van der Waals surface area contributed by atoms with Gasteiger partial charge in [0.05, 0.1) is 12.0 Å². The molecule has 0 amide bonds. The van der Waals surface area contributed by atoms with Crippen molar-refractivity contribution in [1.82, 2.24) is 5.32 Å². The van der Waals surface area contributed by atoms with Crippen molar-refractivity contribution in [3.63, 3.8) is 0 Å². The van der Waals surface area contributed by atoms with Gasteiger partial charge >= 0.3 is 12.1 Å². The normalized spacial score (nSPS) is 15.7. The van der Waals surface area contributed by atoms with Gasteiger partial charge < -0.3 is 10.1 Å². The van der Waals surface area contributed by atoms with Gasteiger partial charge in [-0.2, -0.15) is 13.2 Å². The van der Waals surface area contributed by atoms with Crippen molar-refractivity contribution in [2.45, 2.75) is 19.0 Å². The van der Waals surface area contributed by atoms with Crippen molar-refractivity contribution in [3.05, 3.63) is 41.5 Å². The highest BCUT2D eigenvalue weighted by atomic mass is 19.4. The second-order valence-corrected chi connectivity index (χ2v) is 4.49. The highest BCUT2D eigenvalue weighted by molar-refractivity contribution is 5.75. The number of hydrogen-bond acceptors (Lipinski definition) is 3. The lowest BCUT2D eigenvalue weighted by Crippen LogP contribution is -2.22. The molecule has 1 aromatic rings. The summed E-state index contributed by atoms with van der Waals surface area (Å²) in [6.45, 7) is 1.54. The van der Waals surface area contributed by atoms with Crippen LogP contribution in [0.5, 0.6) is 5.75 Å². The van der Waals surface area contributed by atoms with Crippen molar-refractivity contribution in [2.75, 3.05) is 13.1 Å². The molecule has 0 radical (unpaired) electrons. The third kappa shape index (κ3) is 4.09. The maximum Gasteiger partial charge on any atom is 0.416 e. The quantitative estimate of drug-likeness (QED) is 0.527. The molecule has 1 aliphatic heterocycles. The average Bonchev–Trinajstić information content (AvgIpc) is 2.39. The summed E-state index contributed by atoms with van der Waals surface area (Å²) in [5, 5.41) is 3.12. The van der Waals surface area contributed by atoms with Gasteiger partial charge in [-0.3, -0.25) is 4.79 Å². The van der Waals surface area contributed by atoms with E-state index in [-0.39, 0.29) is 12.2 Å². The molecule has 2 rings (SSSR count). The fourth-order valence-electron chi connectivity index (χ4n) is 1.90. The monoisotopic (exact) mass is 285 g/mol. The van der Waals surface area contributed by atoms with Gasteiger partial charge in [-0.05, 0) is 37.2 Å². The van der Waals surface area contributed by atoms with E-state index in [9.17, 15) is 18.0 Å². The van der Waals surface area contributed by atoms with E-state index in [4.69, 9.17) is 4.74 Å². The summed E-state index contributed by atoms with van der Waals surface area (Å²) in [6, 6.07) is 4.09. The maximum absolute atomic E-state index is 12.4. The van der Waals surface area contributed by atoms with Crippen molar-refractivity contribution in [3.8, 4) is 5.75 Å². The van der Waals surface area contributed by atoms with Gasteiger partial charge in [-0.25, -0.2) is 0 Å². The van der Waals surface area contributed by atoms with E-state index >= 15 is 0 Å². The first-order valence-corrected chi connectivity index (χ1v) is 6.22. The molecule has 0 aromatic heterocycles. The molecular weight excluding hydrogens is 271 g/mol. The lowest BCUT2D eigenvalue weighted by molar-refractivity contribution is -0.137. The van der Waals surface area contributed by atoms with Crippen LogP contribution in [0.4, 0.5) is 13.2 Å². The molecule has 0 saturated heterocycles. The van der Waals surface area contributed by atoms with Gasteiger partial charge in [0.25, 0.3) is 0 Å². The van der Waals surface area contributed by atoms with Crippen LogP contribution in [-0.2, 0) is 11.0 Å². The van der Waals surface area contributed by atoms with Crippen LogP contribution in [-0.4, -0.2) is 19.1 Å². The largest absolute Gasteiger partial charge is 0.426 e. The van der Waals surface area contributed by atoms with Crippen LogP contribution in [0.25, 0.3) is 0 Å². The molecule has 1 heterocycles. The molecule has 1 aromatic carbocycles. The fourth-order valence-corrected chi connectivity index (χ4v) is 1.90. The van der Waals surface area contributed by atoms with E-state index in [0.717, 1.165) is 49.3 Å². The SMILES string of the molecule is O=C(CC1=CCNCC1)Oc1ccc(C(F)(F)F)cc1. The van der Waals surface area contributed by atoms with Crippen molar-refractivity contribution >= 4 is 5.97 Å². The zero-order valence-corrected chi connectivity index (χ0v) is 10.7. The Labute approximate surface area is 114 Å². The van der Waals surface area contributed by atoms with E-state index < -0.39 is 17.7 Å². The van der Waals surface area contributed by atoms with E-state index in [2.05, 4.69) is 5.32 Å². The lowest BCUT2D eigenvalue weighted by Gasteiger charge is -2.13. The Bertz CT molecular complexity index is 506. The first kappa shape index (κ1) is 14.6. The molecule has 0 bridgehead atoms. The Morgan fingerprint density at radius 2 is 1.95 bits per heavy atom. The van der Waals surface area contributed by atoms with Crippen LogP contribution in [0, 0.1) is 0 Å². The number of hydrogen-bond donors (Lipinski definition) is 1. The van der Waals surface area contributed by atoms with Gasteiger partial charge in [-0.1, -0.05) is 11.6 Å². The van der Waals surface area contributed by atoms with Crippen LogP contribution in [0.2, 0.25) is 0 Å². The zero-order chi connectivity index (χ0) is 14.6. The van der Waals surface area contributed by atoms with Crippen molar-refractivity contribution < 1.29 is 22.7 Å². The van der Waals surface area contributed by atoms with Gasteiger partial charge in [0.2, 0.25) is 0 Å². The molecule has 0 aliphatic carbocycles. The first-order chi connectivity index (χ1) is 9.45. The number of benzene rings is 1. The molecule has 3 nitrogen and oxygen atoms in total. The maximum atomic E-state index is 12.4. The van der Waals surface area contributed by atoms with Gasteiger partial charge in [0.1, 0.15) is 5.75 Å². The summed E-state index contributed by atoms with van der Waals surface area (Å²) in [6.07, 6.45) is -1.51. The van der Waals surface area contributed by atoms with Crippen LogP contribution >= 0.6 is 0 Å². The molecule has 20 heavy (non-hydrogen) atoms. The number of halogens is 3. The fraction of sp³-hybridized carbons (Fsp3) is 0.357. The van der Waals surface area contributed by atoms with Crippen LogP contribution < -0.4 is 10.1 Å². The lowest BCUT2D eigenvalue weighted by atomic mass is 10.1. The van der Waals surface area contributed by atoms with E-state index in [1.807, 2.05) is 6.08 Å². The van der Waals surface area contributed by atoms with E-state index in [1.54, 1.807) is 0 Å². The number of nitrogens with one attached hydrogen (secondary N) is 1. The summed E-state index contributed by atoms with van der Waals surface area (Å²) in [5.41, 5.74) is 0.221. The highest BCUT2D eigenvalue weighted by Crippen LogP contribution is 2.30. The summed E-state index contributed by atoms with van der Waals surface area (Å²) >= 11 is 0. The second-order valence-electron chi connectivity index (χ2n) is 4.49. The number of rotatable bonds is 3. The van der Waals surface area contributed by atoms with E-state index in [0.29, 0.717) is 0 Å². The molecular formula is C14H14F3NO2. The predicted octanol–water partition coefficient (Wildman–Crippen LogP) is 2.92. The Kier molecular flexibility index (Phi) is 4.44. The minimum atomic E-state index is -4.39. The van der Waals surface area contributed by atoms with Crippen LogP contribution in [0.15, 0.2) is 35.9 Å². The third-order valence-corrected chi connectivity index (χ3v) is 2.94. The molecule has 0 saturated carbocycles. The average molecular weight is 285 g/mol. The number of carbonyl (C=O) groups excluding carboxylic acids is 1. The number of ether oxygens (including phenoxy) is 1. The standard InChI is InChI=1S/C14H14F3NO2/c15-14(16,17)11-1-3-12(4-2-11)20-13(19)9-10-5-7-18-8-6-10/h1-5,18H,6-9H2. The van der Waals surface area contributed by atoms with E-state index in [1.165, 1.54) is 0 Å². The molecule has 0 fully saturated rings. The second kappa shape index (κ2) is 6.09. The minimum Gasteiger partial charge on any atom is -0.426 e. The highest BCUT2D eigenvalue weighted by Gasteiger charge is 2.30. The Balaban J connectivity index is 1.92. The van der Waals surface area contributed by atoms with Gasteiger partial charge in [0, 0.05) is 6.54 Å². The van der Waals surface area contributed by atoms with Crippen LogP contribution in [0.1, 0.15) is 18.4 Å². The Hall–Kier alpha value is -1.82. The molecule has 1 N–H and O–H groups in total. The smallest absolute Gasteiger partial charge is 0.416 e.